The lowest BCUT2D eigenvalue weighted by molar-refractivity contribution is -0.422. The van der Waals surface area contributed by atoms with E-state index in [1.807, 2.05) is 0 Å². The normalized spacial score (nSPS) is 12.4. The van der Waals surface area contributed by atoms with E-state index < -0.39 is 33.2 Å². The van der Waals surface area contributed by atoms with Crippen LogP contribution in [0, 0.1) is 20.2 Å². The Morgan fingerprint density at radius 2 is 0.958 bits per heavy atom. The summed E-state index contributed by atoms with van der Waals surface area (Å²) in [6.45, 7) is 0. The van der Waals surface area contributed by atoms with Gasteiger partial charge in [-0.15, -0.1) is 66.5 Å². The minimum Gasteiger partial charge on any atom is -0.258 e. The maximum Gasteiger partial charge on any atom is 0.372 e. The number of hydrogen-bond donors (Lipinski definition) is 0. The molecule has 2 aromatic rings. The van der Waals surface area contributed by atoms with Crippen LogP contribution >= 0.6 is 66.5 Å². The molecule has 128 valence electrons. The molecule has 0 unspecified atom stereocenters. The number of nitro groups is 2. The Balaban J connectivity index is 2.93. The largest absolute Gasteiger partial charge is 0.372 e. The summed E-state index contributed by atoms with van der Waals surface area (Å²) >= 11 is 36.2. The number of hydrogen-bond acceptors (Lipinski definition) is 4. The monoisotopic (exact) mass is 482 g/mol. The van der Waals surface area contributed by atoms with Crippen LogP contribution in [0.3, 0.4) is 0 Å². The first-order valence-electron chi connectivity index (χ1n) is 5.87. The molecule has 0 spiro atoms. The van der Waals surface area contributed by atoms with Crippen molar-refractivity contribution in [1.29, 1.82) is 0 Å². The van der Waals surface area contributed by atoms with E-state index in [1.54, 1.807) is 0 Å². The Kier molecular flexibility index (Phi) is 5.64. The molecule has 24 heavy (non-hydrogen) atoms. The summed E-state index contributed by atoms with van der Waals surface area (Å²) in [6.07, 6.45) is 0. The Bertz CT molecular complexity index is 797. The van der Waals surface area contributed by atoms with Gasteiger partial charge in [0.05, 0.1) is 9.85 Å². The second kappa shape index (κ2) is 6.77. The first-order chi connectivity index (χ1) is 10.8. The van der Waals surface area contributed by atoms with Crippen molar-refractivity contribution >= 4 is 111 Å². The van der Waals surface area contributed by atoms with Crippen molar-refractivity contribution < 1.29 is 9.85 Å². The Morgan fingerprint density at radius 1 is 0.667 bits per heavy atom. The van der Waals surface area contributed by atoms with Crippen LogP contribution in [-0.2, 0) is 0 Å². The van der Waals surface area contributed by atoms with E-state index in [0.29, 0.717) is 0 Å². The molecule has 0 saturated heterocycles. The van der Waals surface area contributed by atoms with Crippen molar-refractivity contribution in [2.45, 2.75) is 0 Å². The molecule has 2 rings (SSSR count). The van der Waals surface area contributed by atoms with Crippen molar-refractivity contribution in [1.82, 2.24) is 0 Å². The van der Waals surface area contributed by atoms with Gasteiger partial charge in [-0.2, -0.15) is 0 Å². The molecular formula is C10H4Cl6N2O4Si2. The van der Waals surface area contributed by atoms with Crippen LogP contribution in [0.1, 0.15) is 0 Å². The molecule has 0 heterocycles. The summed E-state index contributed by atoms with van der Waals surface area (Å²) in [5, 5.41) is 23.0. The Labute approximate surface area is 164 Å². The molecule has 0 aromatic heterocycles. The number of nitrogens with zero attached hydrogens (tertiary/aromatic N) is 2. The predicted molar refractivity (Wildman–Crippen MR) is 103 cm³/mol. The van der Waals surface area contributed by atoms with E-state index >= 15 is 0 Å². The van der Waals surface area contributed by atoms with Gasteiger partial charge < -0.3 is 0 Å². The van der Waals surface area contributed by atoms with Crippen molar-refractivity contribution in [3.63, 3.8) is 0 Å². The van der Waals surface area contributed by atoms with E-state index in [4.69, 9.17) is 66.5 Å². The molecule has 14 heteroatoms. The molecule has 0 fully saturated rings. The Morgan fingerprint density at radius 3 is 1.17 bits per heavy atom. The fourth-order valence-corrected chi connectivity index (χ4v) is 8.85. The van der Waals surface area contributed by atoms with Gasteiger partial charge in [-0.1, -0.05) is 12.1 Å². The van der Waals surface area contributed by atoms with Gasteiger partial charge in [0, 0.05) is 12.1 Å². The highest BCUT2D eigenvalue weighted by molar-refractivity contribution is 7.73. The van der Waals surface area contributed by atoms with Gasteiger partial charge in [-0.3, -0.25) is 20.2 Å². The van der Waals surface area contributed by atoms with Crippen molar-refractivity contribution in [2.75, 3.05) is 0 Å². The summed E-state index contributed by atoms with van der Waals surface area (Å²) < 4.78 is 0. The SMILES string of the molecule is O=[N+]([O-])c1cc2cc([Si](Cl)(Cl)Cl)c([Si](Cl)(Cl)Cl)cc2cc1[N+](=O)[O-]. The third kappa shape index (κ3) is 4.08. The van der Waals surface area contributed by atoms with Gasteiger partial charge in [0.15, 0.2) is 0 Å². The minimum absolute atomic E-state index is 0.190. The second-order valence-electron chi connectivity index (χ2n) is 4.60. The van der Waals surface area contributed by atoms with E-state index in [1.165, 1.54) is 12.1 Å². The first kappa shape index (κ1) is 20.0. The van der Waals surface area contributed by atoms with E-state index in [-0.39, 0.29) is 21.1 Å². The highest BCUT2D eigenvalue weighted by atomic mass is 35.8. The third-order valence-corrected chi connectivity index (χ3v) is 9.04. The van der Waals surface area contributed by atoms with Gasteiger partial charge in [0.2, 0.25) is 0 Å². The Hall–Kier alpha value is -0.326. The molecule has 0 aliphatic heterocycles. The lowest BCUT2D eigenvalue weighted by Crippen LogP contribution is -2.50. The molecular weight excluding hydrogens is 481 g/mol. The summed E-state index contributed by atoms with van der Waals surface area (Å²) in [6, 6.07) is -2.17. The smallest absolute Gasteiger partial charge is 0.258 e. The van der Waals surface area contributed by atoms with Crippen LogP contribution in [0.5, 0.6) is 0 Å². The third-order valence-electron chi connectivity index (χ3n) is 3.07. The van der Waals surface area contributed by atoms with Gasteiger partial charge in [-0.05, 0) is 21.1 Å². The molecule has 0 amide bonds. The standard InChI is InChI=1S/C10H4Cl6N2O4Si2/c11-23(12,13)9-3-5-1-7(17(19)20)8(18(21)22)2-6(5)4-10(9)24(14,15)16/h1-4H. The number of nitro benzene ring substituents is 2. The number of halogens is 6. The van der Waals surface area contributed by atoms with Crippen LogP contribution in [-0.4, -0.2) is 21.9 Å². The molecule has 0 aliphatic rings. The first-order valence-corrected chi connectivity index (χ1v) is 15.9. The molecule has 6 nitrogen and oxygen atoms in total. The summed E-state index contributed by atoms with van der Waals surface area (Å²) in [5.41, 5.74) is -1.35. The van der Waals surface area contributed by atoms with E-state index in [9.17, 15) is 20.2 Å². The number of fused-ring (bicyclic) bond motifs is 1. The van der Waals surface area contributed by atoms with Crippen LogP contribution in [0.2, 0.25) is 0 Å². The van der Waals surface area contributed by atoms with Crippen LogP contribution in [0.15, 0.2) is 24.3 Å². The molecule has 0 atom stereocenters. The van der Waals surface area contributed by atoms with Crippen molar-refractivity contribution in [3.8, 4) is 0 Å². The topological polar surface area (TPSA) is 86.3 Å². The van der Waals surface area contributed by atoms with Crippen LogP contribution < -0.4 is 10.4 Å². The highest BCUT2D eigenvalue weighted by Crippen LogP contribution is 2.33. The molecule has 0 radical (unpaired) electrons. The molecule has 0 bridgehead atoms. The van der Waals surface area contributed by atoms with Gasteiger partial charge in [0.1, 0.15) is 0 Å². The molecule has 0 aliphatic carbocycles. The quantitative estimate of drug-likeness (QED) is 0.279. The molecule has 0 saturated carbocycles. The zero-order valence-electron chi connectivity index (χ0n) is 11.1. The summed E-state index contributed by atoms with van der Waals surface area (Å²) in [5.74, 6) is 0. The zero-order chi connectivity index (χ0) is 18.4. The zero-order valence-corrected chi connectivity index (χ0v) is 17.6. The van der Waals surface area contributed by atoms with Crippen molar-refractivity contribution in [2.24, 2.45) is 0 Å². The number of rotatable bonds is 4. The van der Waals surface area contributed by atoms with Crippen LogP contribution in [0.4, 0.5) is 11.4 Å². The van der Waals surface area contributed by atoms with E-state index in [0.717, 1.165) is 12.1 Å². The predicted octanol–water partition coefficient (Wildman–Crippen LogP) is 4.38. The summed E-state index contributed by atoms with van der Waals surface area (Å²) in [4.78, 5) is 20.4. The minimum atomic E-state index is -3.49. The maximum atomic E-state index is 11.1. The van der Waals surface area contributed by atoms with Gasteiger partial charge in [0.25, 0.3) is 0 Å². The number of benzene rings is 2. The lowest BCUT2D eigenvalue weighted by atomic mass is 10.1. The van der Waals surface area contributed by atoms with Gasteiger partial charge >= 0.3 is 23.4 Å². The van der Waals surface area contributed by atoms with Gasteiger partial charge in [-0.25, -0.2) is 0 Å². The fourth-order valence-electron chi connectivity index (χ4n) is 2.09. The van der Waals surface area contributed by atoms with E-state index in [2.05, 4.69) is 0 Å². The van der Waals surface area contributed by atoms with Crippen molar-refractivity contribution in [3.05, 3.63) is 44.5 Å². The maximum absolute atomic E-state index is 11.1. The van der Waals surface area contributed by atoms with Crippen LogP contribution in [0.25, 0.3) is 10.8 Å². The average molecular weight is 485 g/mol. The fraction of sp³-hybridized carbons (Fsp3) is 0. The average Bonchev–Trinajstić information content (AvgIpc) is 2.42. The molecule has 2 aromatic carbocycles. The second-order valence-corrected chi connectivity index (χ2v) is 21.4. The molecule has 0 N–H and O–H groups in total. The summed E-state index contributed by atoms with van der Waals surface area (Å²) in [7, 11) is 0. The highest BCUT2D eigenvalue weighted by Gasteiger charge is 2.40. The lowest BCUT2D eigenvalue weighted by Gasteiger charge is -2.19.